The molecule has 0 bridgehead atoms. The van der Waals surface area contributed by atoms with Gasteiger partial charge in [0.15, 0.2) is 23.8 Å². The van der Waals surface area contributed by atoms with E-state index in [0.717, 1.165) is 21.6 Å². The van der Waals surface area contributed by atoms with Crippen LogP contribution in [0.3, 0.4) is 0 Å². The second-order valence-corrected chi connectivity index (χ2v) is 29.3. The van der Waals surface area contributed by atoms with Gasteiger partial charge < -0.3 is 115 Å². The van der Waals surface area contributed by atoms with Gasteiger partial charge in [0.25, 0.3) is 0 Å². The Bertz CT molecular complexity index is 2890. The van der Waals surface area contributed by atoms with Crippen molar-refractivity contribution in [2.45, 2.75) is 226 Å². The molecule has 0 aliphatic carbocycles. The first kappa shape index (κ1) is 91.4. The van der Waals surface area contributed by atoms with Crippen LogP contribution in [-0.2, 0) is 57.5 Å². The van der Waals surface area contributed by atoms with Crippen molar-refractivity contribution in [3.63, 3.8) is 0 Å². The summed E-state index contributed by atoms with van der Waals surface area (Å²) >= 11 is 0. The van der Waals surface area contributed by atoms with Crippen LogP contribution in [0.4, 0.5) is 0 Å². The van der Waals surface area contributed by atoms with Crippen LogP contribution < -0.4 is 110 Å². The molecule has 1 rings (SSSR count). The number of aliphatic imine (C=N–C) groups is 4. The van der Waals surface area contributed by atoms with Gasteiger partial charge in [-0.05, 0) is 93.3 Å². The number of amides is 11. The van der Waals surface area contributed by atoms with E-state index in [4.69, 9.17) is 51.6 Å². The summed E-state index contributed by atoms with van der Waals surface area (Å²) in [5.41, 5.74) is 50.6. The Labute approximate surface area is 605 Å². The van der Waals surface area contributed by atoms with Crippen LogP contribution in [0.1, 0.15) is 154 Å². The standard InChI is InChI=1S/C63H118N24O13S2/c1-13-34(11)46-57(97)78-38(21-17-25-75-62(69)70)49(89)83-43(31(5)6)54(94)82-42(53(93)79-39(59(99)100)22-18-26-76-63(71)72)29-102-101-28-41(81-51(91)40(27-30(3)4)80-48(88)36(64)19-15-23-73-60(65)66)52(92)77-37(20-16-24-74-61(67)68)50(90)86-47(35(12)14-2)58(98)85-44(32(7)8)55(95)84-45(33(9)10)56(96)87-46/h30-47H,13-29,64H2,1-12H3,(H,77,92)(H,78,97)(H,79,93)(H,80,88)(H,81,91)(H,82,94)(H,83,89)(H,84,95)(H,85,98)(H,86,90)(H,87,96)(H,99,100)(H4,65,66,73)(H4,67,68,74)(H4,69,70,75)(H4,71,72,76). The van der Waals surface area contributed by atoms with Gasteiger partial charge in [-0.2, -0.15) is 0 Å². The molecule has 580 valence electrons. The Kier molecular flexibility index (Phi) is 42.6. The molecule has 14 unspecified atom stereocenters. The monoisotopic (exact) mass is 1480 g/mol. The van der Waals surface area contributed by atoms with Gasteiger partial charge in [-0.3, -0.25) is 72.7 Å². The quantitative estimate of drug-likeness (QED) is 0.0131. The van der Waals surface area contributed by atoms with Crippen molar-refractivity contribution in [2.75, 3.05) is 37.7 Å². The highest BCUT2D eigenvalue weighted by Gasteiger charge is 2.40. The summed E-state index contributed by atoms with van der Waals surface area (Å²) in [6, 6.07) is -17.0. The summed E-state index contributed by atoms with van der Waals surface area (Å²) in [5.74, 6) is -16.2. The Morgan fingerprint density at radius 2 is 0.824 bits per heavy atom. The number of carboxylic acids is 1. The van der Waals surface area contributed by atoms with E-state index in [0.29, 0.717) is 19.3 Å². The van der Waals surface area contributed by atoms with E-state index >= 15 is 4.79 Å². The molecule has 14 atom stereocenters. The molecule has 0 aromatic rings. The lowest BCUT2D eigenvalue weighted by Crippen LogP contribution is -2.63. The molecule has 102 heavy (non-hydrogen) atoms. The normalized spacial score (nSPS) is 22.8. The van der Waals surface area contributed by atoms with Crippen molar-refractivity contribution in [3.8, 4) is 0 Å². The van der Waals surface area contributed by atoms with Crippen LogP contribution in [0.2, 0.25) is 0 Å². The molecule has 1 fully saturated rings. The van der Waals surface area contributed by atoms with Crippen LogP contribution >= 0.6 is 21.6 Å². The summed E-state index contributed by atoms with van der Waals surface area (Å²) < 4.78 is 0. The van der Waals surface area contributed by atoms with Crippen molar-refractivity contribution in [2.24, 2.45) is 107 Å². The number of hydrogen-bond acceptors (Lipinski definition) is 19. The molecule has 0 spiro atoms. The number of hydrogen-bond donors (Lipinski definition) is 21. The molecule has 0 saturated carbocycles. The second kappa shape index (κ2) is 47.5. The van der Waals surface area contributed by atoms with Crippen molar-refractivity contribution in [3.05, 3.63) is 0 Å². The highest BCUT2D eigenvalue weighted by molar-refractivity contribution is 8.76. The Morgan fingerprint density at radius 1 is 0.461 bits per heavy atom. The summed E-state index contributed by atoms with van der Waals surface area (Å²) in [5, 5.41) is 40.0. The largest absolute Gasteiger partial charge is 0.480 e. The summed E-state index contributed by atoms with van der Waals surface area (Å²) in [4.78, 5) is 189. The first-order valence-corrected chi connectivity index (χ1v) is 37.0. The smallest absolute Gasteiger partial charge is 0.326 e. The minimum Gasteiger partial charge on any atom is -0.480 e. The van der Waals surface area contributed by atoms with E-state index in [1.807, 2.05) is 0 Å². The zero-order chi connectivity index (χ0) is 77.7. The van der Waals surface area contributed by atoms with Gasteiger partial charge in [0.05, 0.1) is 6.04 Å². The van der Waals surface area contributed by atoms with E-state index in [1.165, 1.54) is 0 Å². The summed E-state index contributed by atoms with van der Waals surface area (Å²) in [7, 11) is 1.76. The molecule has 0 aromatic heterocycles. The number of carbonyl (C=O) groups is 12. The third-order valence-corrected chi connectivity index (χ3v) is 18.9. The molecule has 1 aliphatic heterocycles. The van der Waals surface area contributed by atoms with Gasteiger partial charge in [-0.1, -0.05) is 118 Å². The van der Waals surface area contributed by atoms with Crippen LogP contribution in [0.25, 0.3) is 0 Å². The predicted octanol–water partition coefficient (Wildman–Crippen LogP) is -4.55. The van der Waals surface area contributed by atoms with E-state index in [2.05, 4.69) is 78.5 Å². The molecule has 0 aromatic carbocycles. The van der Waals surface area contributed by atoms with E-state index in [1.54, 1.807) is 83.1 Å². The average Bonchev–Trinajstić information content (AvgIpc) is 0.846. The number of nitrogens with zero attached hydrogens (tertiary/aromatic N) is 4. The Hall–Kier alpha value is -8.62. The minimum absolute atomic E-state index is 0.00318. The molecule has 1 heterocycles. The predicted molar refractivity (Wildman–Crippen MR) is 394 cm³/mol. The number of aliphatic carboxylic acids is 1. The van der Waals surface area contributed by atoms with Gasteiger partial charge >= 0.3 is 5.97 Å². The molecule has 30 N–H and O–H groups in total. The maximum absolute atomic E-state index is 15.1. The first-order chi connectivity index (χ1) is 47.8. The van der Waals surface area contributed by atoms with Crippen molar-refractivity contribution in [1.82, 2.24) is 58.5 Å². The molecule has 11 amide bonds. The fraction of sp³-hybridized carbons (Fsp3) is 0.746. The zero-order valence-corrected chi connectivity index (χ0v) is 62.7. The molecule has 1 aliphatic rings. The number of nitrogens with one attached hydrogen (secondary N) is 11. The maximum Gasteiger partial charge on any atom is 0.326 e. The van der Waals surface area contributed by atoms with E-state index in [-0.39, 0.29) is 113 Å². The zero-order valence-electron chi connectivity index (χ0n) is 61.1. The van der Waals surface area contributed by atoms with Crippen LogP contribution in [0.15, 0.2) is 20.0 Å². The third kappa shape index (κ3) is 34.8. The highest BCUT2D eigenvalue weighted by atomic mass is 33.1. The lowest BCUT2D eigenvalue weighted by molar-refractivity contribution is -0.142. The molecule has 1 saturated heterocycles. The number of nitrogens with two attached hydrogens (primary N) is 9. The van der Waals surface area contributed by atoms with E-state index in [9.17, 15) is 57.8 Å². The summed E-state index contributed by atoms with van der Waals surface area (Å²) in [6.07, 6.45) is 0.828. The van der Waals surface area contributed by atoms with Crippen molar-refractivity contribution < 1.29 is 62.6 Å². The number of guanidine groups is 4. The fourth-order valence-corrected chi connectivity index (χ4v) is 12.4. The van der Waals surface area contributed by atoms with Crippen LogP contribution in [0, 0.1) is 35.5 Å². The number of rotatable bonds is 32. The SMILES string of the molecule is CCC(C)C1NC(=O)C(CCCN=C(N)N)NC(=O)C(NC(=O)C(CC(C)C)NC(=O)C(N)CCCN=C(N)N)CSSCC(C(=O)NC(CCCN=C(N)N)C(=O)O)NC(=O)C(C(C)C)NC(=O)C(CCCN=C(N)N)NC(=O)C(C(C)CC)NC(=O)C(C(C)C)NC(=O)C(C(C)C)NC1=O. The van der Waals surface area contributed by atoms with Gasteiger partial charge in [0.2, 0.25) is 65.0 Å². The second-order valence-electron chi connectivity index (χ2n) is 26.7. The van der Waals surface area contributed by atoms with Gasteiger partial charge in [-0.25, -0.2) is 4.79 Å². The van der Waals surface area contributed by atoms with Crippen LogP contribution in [0.5, 0.6) is 0 Å². The molecular formula is C63H118N24O13S2. The lowest BCUT2D eigenvalue weighted by Gasteiger charge is -2.32. The topological polar surface area (TPSA) is 641 Å². The Morgan fingerprint density at radius 3 is 1.24 bits per heavy atom. The maximum atomic E-state index is 15.1. The van der Waals surface area contributed by atoms with Gasteiger partial charge in [0.1, 0.15) is 66.5 Å². The molecule has 37 nitrogen and oxygen atoms in total. The van der Waals surface area contributed by atoms with E-state index < -0.39 is 179 Å². The Balaban J connectivity index is 4.50. The van der Waals surface area contributed by atoms with Gasteiger partial charge in [0, 0.05) is 37.7 Å². The molecular weight excluding hydrogens is 1360 g/mol. The molecule has 39 heteroatoms. The highest BCUT2D eigenvalue weighted by Crippen LogP contribution is 2.25. The third-order valence-electron chi connectivity index (χ3n) is 16.5. The van der Waals surface area contributed by atoms with Gasteiger partial charge in [-0.15, -0.1) is 0 Å². The van der Waals surface area contributed by atoms with Crippen molar-refractivity contribution in [1.29, 1.82) is 0 Å². The first-order valence-electron chi connectivity index (χ1n) is 34.5. The minimum atomic E-state index is -1.63. The number of carbonyl (C=O) groups excluding carboxylic acids is 11. The lowest BCUT2D eigenvalue weighted by atomic mass is 9.94. The average molecular weight is 1480 g/mol. The number of carboxylic acid groups (broad SMARTS) is 1. The van der Waals surface area contributed by atoms with Crippen LogP contribution in [-0.4, -0.2) is 210 Å². The van der Waals surface area contributed by atoms with Crippen molar-refractivity contribution >= 4 is 116 Å². The fourth-order valence-electron chi connectivity index (χ4n) is 10.1. The summed E-state index contributed by atoms with van der Waals surface area (Å²) in [6.45, 7) is 20.3. The molecule has 0 radical (unpaired) electrons.